The summed E-state index contributed by atoms with van der Waals surface area (Å²) < 4.78 is 5.76. The Bertz CT molecular complexity index is 326. The van der Waals surface area contributed by atoms with Gasteiger partial charge >= 0.3 is 5.97 Å². The monoisotopic (exact) mass is 220 g/mol. The number of esters is 1. The van der Waals surface area contributed by atoms with Gasteiger partial charge in [0.25, 0.3) is 0 Å². The lowest BCUT2D eigenvalue weighted by molar-refractivity contribution is -0.163. The third kappa shape index (κ3) is 1.68. The van der Waals surface area contributed by atoms with Gasteiger partial charge in [-0.05, 0) is 57.3 Å². The van der Waals surface area contributed by atoms with Crippen LogP contribution in [0.15, 0.2) is 12.2 Å². The predicted molar refractivity (Wildman–Crippen MR) is 61.8 cm³/mol. The van der Waals surface area contributed by atoms with Gasteiger partial charge in [-0.1, -0.05) is 12.2 Å². The highest BCUT2D eigenvalue weighted by atomic mass is 16.6. The van der Waals surface area contributed by atoms with E-state index in [1.165, 1.54) is 19.3 Å². The van der Waals surface area contributed by atoms with Crippen molar-refractivity contribution in [2.75, 3.05) is 0 Å². The summed E-state index contributed by atoms with van der Waals surface area (Å²) in [6, 6.07) is 0. The smallest absolute Gasteiger partial charge is 0.310 e. The first kappa shape index (κ1) is 10.4. The van der Waals surface area contributed by atoms with E-state index in [0.29, 0.717) is 11.8 Å². The van der Waals surface area contributed by atoms with Crippen molar-refractivity contribution < 1.29 is 9.53 Å². The second-order valence-corrected chi connectivity index (χ2v) is 5.96. The zero-order valence-corrected chi connectivity index (χ0v) is 9.95. The van der Waals surface area contributed by atoms with Crippen LogP contribution in [0, 0.1) is 17.8 Å². The van der Waals surface area contributed by atoms with Crippen molar-refractivity contribution in [3.63, 3.8) is 0 Å². The molecule has 0 aromatic rings. The number of carbonyl (C=O) groups excluding carboxylic acids is 1. The van der Waals surface area contributed by atoms with Gasteiger partial charge in [-0.3, -0.25) is 4.79 Å². The standard InChI is InChI=1S/C14H20O2/c1-14(6-2-3-7-14)16-13(15)12-9-10-4-5-11(12)8-10/h4-5,10-12H,2-3,6-9H2,1H3/t10-,11+,12-/m1/s1. The molecule has 0 aromatic carbocycles. The summed E-state index contributed by atoms with van der Waals surface area (Å²) in [4.78, 5) is 12.1. The third-order valence-electron chi connectivity index (χ3n) is 4.59. The lowest BCUT2D eigenvalue weighted by Gasteiger charge is -2.27. The van der Waals surface area contributed by atoms with E-state index in [1.54, 1.807) is 0 Å². The predicted octanol–water partition coefficient (Wildman–Crippen LogP) is 3.07. The molecule has 3 aliphatic rings. The van der Waals surface area contributed by atoms with Crippen LogP contribution < -0.4 is 0 Å². The number of hydrogen-bond acceptors (Lipinski definition) is 2. The van der Waals surface area contributed by atoms with E-state index < -0.39 is 0 Å². The molecular weight excluding hydrogens is 200 g/mol. The quantitative estimate of drug-likeness (QED) is 0.528. The van der Waals surface area contributed by atoms with Crippen LogP contribution in [0.2, 0.25) is 0 Å². The summed E-state index contributed by atoms with van der Waals surface area (Å²) in [6.45, 7) is 2.10. The number of hydrogen-bond donors (Lipinski definition) is 0. The second-order valence-electron chi connectivity index (χ2n) is 5.96. The van der Waals surface area contributed by atoms with E-state index in [4.69, 9.17) is 4.74 Å². The maximum Gasteiger partial charge on any atom is 0.310 e. The van der Waals surface area contributed by atoms with Crippen molar-refractivity contribution in [2.24, 2.45) is 17.8 Å². The fourth-order valence-electron chi connectivity index (χ4n) is 3.60. The first-order chi connectivity index (χ1) is 7.66. The van der Waals surface area contributed by atoms with Crippen molar-refractivity contribution in [2.45, 2.75) is 51.0 Å². The topological polar surface area (TPSA) is 26.3 Å². The van der Waals surface area contributed by atoms with Crippen LogP contribution in [0.1, 0.15) is 45.4 Å². The van der Waals surface area contributed by atoms with E-state index in [2.05, 4.69) is 19.1 Å². The lowest BCUT2D eigenvalue weighted by atomic mass is 9.93. The minimum atomic E-state index is -0.150. The summed E-state index contributed by atoms with van der Waals surface area (Å²) in [5, 5.41) is 0. The zero-order chi connectivity index (χ0) is 11.2. The fourth-order valence-corrected chi connectivity index (χ4v) is 3.60. The van der Waals surface area contributed by atoms with Gasteiger partial charge < -0.3 is 4.74 Å². The number of fused-ring (bicyclic) bond motifs is 2. The molecule has 2 bridgehead atoms. The molecule has 2 heteroatoms. The molecule has 16 heavy (non-hydrogen) atoms. The summed E-state index contributed by atoms with van der Waals surface area (Å²) in [6.07, 6.45) is 11.2. The molecule has 0 aliphatic heterocycles. The molecule has 3 aliphatic carbocycles. The molecule has 0 N–H and O–H groups in total. The average Bonchev–Trinajstić information content (AvgIpc) is 2.92. The minimum Gasteiger partial charge on any atom is -0.459 e. The Morgan fingerprint density at radius 3 is 2.56 bits per heavy atom. The third-order valence-corrected chi connectivity index (χ3v) is 4.59. The van der Waals surface area contributed by atoms with Gasteiger partial charge in [0.1, 0.15) is 5.60 Å². The number of allylic oxidation sites excluding steroid dienone is 2. The summed E-state index contributed by atoms with van der Waals surface area (Å²) in [7, 11) is 0. The molecule has 0 spiro atoms. The van der Waals surface area contributed by atoms with Gasteiger partial charge in [0.2, 0.25) is 0 Å². The molecule has 2 saturated carbocycles. The number of rotatable bonds is 2. The van der Waals surface area contributed by atoms with Gasteiger partial charge in [-0.2, -0.15) is 0 Å². The van der Waals surface area contributed by atoms with E-state index in [0.717, 1.165) is 19.3 Å². The SMILES string of the molecule is CC1(OC(=O)[C@@H]2C[C@@H]3C=C[C@H]2C3)CCCC1. The van der Waals surface area contributed by atoms with Crippen molar-refractivity contribution in [1.29, 1.82) is 0 Å². The second kappa shape index (κ2) is 3.61. The first-order valence-electron chi connectivity index (χ1n) is 6.57. The van der Waals surface area contributed by atoms with Crippen molar-refractivity contribution in [1.82, 2.24) is 0 Å². The molecule has 2 fully saturated rings. The van der Waals surface area contributed by atoms with Gasteiger partial charge in [0, 0.05) is 0 Å². The first-order valence-corrected chi connectivity index (χ1v) is 6.57. The van der Waals surface area contributed by atoms with Gasteiger partial charge in [0.05, 0.1) is 5.92 Å². The summed E-state index contributed by atoms with van der Waals surface area (Å²) in [5.41, 5.74) is -0.150. The van der Waals surface area contributed by atoms with E-state index in [9.17, 15) is 4.79 Å². The molecule has 3 atom stereocenters. The van der Waals surface area contributed by atoms with Gasteiger partial charge in [-0.15, -0.1) is 0 Å². The van der Waals surface area contributed by atoms with E-state index in [1.807, 2.05) is 0 Å². The Balaban J connectivity index is 1.63. The molecule has 0 unspecified atom stereocenters. The fraction of sp³-hybridized carbons (Fsp3) is 0.786. The van der Waals surface area contributed by atoms with Crippen LogP contribution in [-0.4, -0.2) is 11.6 Å². The van der Waals surface area contributed by atoms with Gasteiger partial charge in [0.15, 0.2) is 0 Å². The highest BCUT2D eigenvalue weighted by Crippen LogP contribution is 2.45. The largest absolute Gasteiger partial charge is 0.459 e. The van der Waals surface area contributed by atoms with Crippen molar-refractivity contribution in [3.05, 3.63) is 12.2 Å². The van der Waals surface area contributed by atoms with Crippen molar-refractivity contribution >= 4 is 5.97 Å². The summed E-state index contributed by atoms with van der Waals surface area (Å²) >= 11 is 0. The Kier molecular flexibility index (Phi) is 2.34. The molecule has 0 amide bonds. The Morgan fingerprint density at radius 2 is 2.00 bits per heavy atom. The molecule has 0 radical (unpaired) electrons. The maximum absolute atomic E-state index is 12.1. The number of ether oxygens (including phenoxy) is 1. The normalized spacial score (nSPS) is 39.2. The Hall–Kier alpha value is -0.790. The summed E-state index contributed by atoms with van der Waals surface area (Å²) in [5.74, 6) is 1.36. The van der Waals surface area contributed by atoms with Crippen LogP contribution in [0.3, 0.4) is 0 Å². The van der Waals surface area contributed by atoms with Crippen LogP contribution in [0.4, 0.5) is 0 Å². The Labute approximate surface area is 97.1 Å². The van der Waals surface area contributed by atoms with Crippen LogP contribution >= 0.6 is 0 Å². The highest BCUT2D eigenvalue weighted by molar-refractivity contribution is 5.74. The van der Waals surface area contributed by atoms with Crippen LogP contribution in [0.5, 0.6) is 0 Å². The highest BCUT2D eigenvalue weighted by Gasteiger charge is 2.43. The molecule has 88 valence electrons. The molecule has 0 heterocycles. The van der Waals surface area contributed by atoms with E-state index >= 15 is 0 Å². The lowest BCUT2D eigenvalue weighted by Crippen LogP contribution is -2.33. The molecule has 0 saturated heterocycles. The van der Waals surface area contributed by atoms with Crippen molar-refractivity contribution in [3.8, 4) is 0 Å². The van der Waals surface area contributed by atoms with E-state index in [-0.39, 0.29) is 17.5 Å². The maximum atomic E-state index is 12.1. The Morgan fingerprint density at radius 1 is 1.25 bits per heavy atom. The van der Waals surface area contributed by atoms with Crippen LogP contribution in [-0.2, 0) is 9.53 Å². The molecule has 3 rings (SSSR count). The zero-order valence-electron chi connectivity index (χ0n) is 9.95. The number of carbonyl (C=O) groups is 1. The molecule has 0 aromatic heterocycles. The van der Waals surface area contributed by atoms with Crippen LogP contribution in [0.25, 0.3) is 0 Å². The average molecular weight is 220 g/mol. The van der Waals surface area contributed by atoms with Gasteiger partial charge in [-0.25, -0.2) is 0 Å². The molecule has 2 nitrogen and oxygen atoms in total. The molecular formula is C14H20O2. The minimum absolute atomic E-state index is 0.0706.